The van der Waals surface area contributed by atoms with Gasteiger partial charge in [-0.15, -0.1) is 0 Å². The van der Waals surface area contributed by atoms with Crippen LogP contribution < -0.4 is 10.1 Å². The van der Waals surface area contributed by atoms with Gasteiger partial charge in [0.2, 0.25) is 11.8 Å². The molecule has 29 heavy (non-hydrogen) atoms. The molecule has 1 saturated heterocycles. The topological polar surface area (TPSA) is 59.5 Å². The zero-order valence-corrected chi connectivity index (χ0v) is 16.0. The third-order valence-corrected chi connectivity index (χ3v) is 4.79. The predicted octanol–water partition coefficient (Wildman–Crippen LogP) is 3.89. The number of nitrogens with zero attached hydrogens (tertiary/aromatic N) is 3. The molecule has 150 valence electrons. The highest BCUT2D eigenvalue weighted by molar-refractivity contribution is 5.32. The first-order valence-electron chi connectivity index (χ1n) is 9.65. The van der Waals surface area contributed by atoms with Crippen molar-refractivity contribution < 1.29 is 13.9 Å². The Kier molecular flexibility index (Phi) is 6.29. The van der Waals surface area contributed by atoms with E-state index in [1.165, 1.54) is 17.7 Å². The first-order chi connectivity index (χ1) is 14.3. The van der Waals surface area contributed by atoms with Crippen LogP contribution in [0.4, 0.5) is 10.3 Å². The van der Waals surface area contributed by atoms with Crippen LogP contribution in [-0.4, -0.2) is 47.7 Å². The van der Waals surface area contributed by atoms with Crippen molar-refractivity contribution in [3.63, 3.8) is 0 Å². The van der Waals surface area contributed by atoms with Crippen molar-refractivity contribution in [1.82, 2.24) is 14.9 Å². The lowest BCUT2D eigenvalue weighted by molar-refractivity contribution is 0.0187. The molecule has 0 saturated carbocycles. The van der Waals surface area contributed by atoms with E-state index in [2.05, 4.69) is 44.5 Å². The van der Waals surface area contributed by atoms with Crippen molar-refractivity contribution in [2.75, 3.05) is 38.2 Å². The average molecular weight is 394 g/mol. The maximum Gasteiger partial charge on any atom is 0.226 e. The van der Waals surface area contributed by atoms with Gasteiger partial charge >= 0.3 is 0 Å². The monoisotopic (exact) mass is 394 g/mol. The zero-order valence-electron chi connectivity index (χ0n) is 16.0. The minimum Gasteiger partial charge on any atom is -0.439 e. The van der Waals surface area contributed by atoms with Gasteiger partial charge in [-0.05, 0) is 29.8 Å². The molecule has 6 nitrogen and oxygen atoms in total. The van der Waals surface area contributed by atoms with Crippen LogP contribution in [0.5, 0.6) is 11.6 Å². The van der Waals surface area contributed by atoms with E-state index in [1.807, 2.05) is 6.07 Å². The highest BCUT2D eigenvalue weighted by Gasteiger charge is 2.22. The molecule has 1 aromatic heterocycles. The predicted molar refractivity (Wildman–Crippen MR) is 109 cm³/mol. The van der Waals surface area contributed by atoms with Crippen LogP contribution in [0.1, 0.15) is 11.6 Å². The average Bonchev–Trinajstić information content (AvgIpc) is 2.77. The van der Waals surface area contributed by atoms with Crippen molar-refractivity contribution in [2.45, 2.75) is 6.04 Å². The highest BCUT2D eigenvalue weighted by Crippen LogP contribution is 2.23. The van der Waals surface area contributed by atoms with Gasteiger partial charge in [0.25, 0.3) is 0 Å². The van der Waals surface area contributed by atoms with Crippen LogP contribution in [0, 0.1) is 5.82 Å². The Morgan fingerprint density at radius 2 is 1.79 bits per heavy atom. The fraction of sp³-hybridized carbons (Fsp3) is 0.273. The molecule has 1 N–H and O–H groups in total. The van der Waals surface area contributed by atoms with Gasteiger partial charge in [0.1, 0.15) is 11.6 Å². The van der Waals surface area contributed by atoms with Crippen LogP contribution in [0.15, 0.2) is 66.9 Å². The minimum absolute atomic E-state index is 0.186. The van der Waals surface area contributed by atoms with Crippen molar-refractivity contribution in [3.8, 4) is 11.6 Å². The molecule has 1 atom stereocenters. The number of ether oxygens (including phenoxy) is 2. The summed E-state index contributed by atoms with van der Waals surface area (Å²) in [5.74, 6) is 1.10. The molecule has 0 spiro atoms. The van der Waals surface area contributed by atoms with Crippen LogP contribution in [0.25, 0.3) is 0 Å². The van der Waals surface area contributed by atoms with E-state index in [4.69, 9.17) is 9.47 Å². The second-order valence-corrected chi connectivity index (χ2v) is 6.73. The Bertz CT molecular complexity index is 902. The first-order valence-corrected chi connectivity index (χ1v) is 9.65. The third-order valence-electron chi connectivity index (χ3n) is 4.79. The Hall–Kier alpha value is -3.03. The van der Waals surface area contributed by atoms with Crippen LogP contribution in [-0.2, 0) is 4.74 Å². The first kappa shape index (κ1) is 19.3. The van der Waals surface area contributed by atoms with E-state index in [-0.39, 0.29) is 11.9 Å². The second kappa shape index (κ2) is 9.45. The standard InChI is InChI=1S/C22H23FN4O2/c23-18-6-8-19(9-7-18)29-21-10-11-24-22(26-21)25-16-20(17-4-2-1-3-5-17)27-12-14-28-15-13-27/h1-11,20H,12-16H2,(H,24,25,26). The van der Waals surface area contributed by atoms with Gasteiger partial charge in [-0.25, -0.2) is 9.37 Å². The number of hydrogen-bond donors (Lipinski definition) is 1. The Morgan fingerprint density at radius 3 is 2.55 bits per heavy atom. The van der Waals surface area contributed by atoms with Crippen molar-refractivity contribution in [2.24, 2.45) is 0 Å². The number of rotatable bonds is 7. The smallest absolute Gasteiger partial charge is 0.226 e. The number of aromatic nitrogens is 2. The number of benzene rings is 2. The molecule has 1 aliphatic rings. The maximum atomic E-state index is 13.1. The van der Waals surface area contributed by atoms with Gasteiger partial charge in [-0.3, -0.25) is 4.90 Å². The normalized spacial score (nSPS) is 15.6. The molecular weight excluding hydrogens is 371 g/mol. The second-order valence-electron chi connectivity index (χ2n) is 6.73. The molecule has 2 heterocycles. The van der Waals surface area contributed by atoms with E-state index in [9.17, 15) is 4.39 Å². The molecule has 3 aromatic rings. The Labute approximate surface area is 169 Å². The van der Waals surface area contributed by atoms with Crippen molar-refractivity contribution in [1.29, 1.82) is 0 Å². The SMILES string of the molecule is Fc1ccc(Oc2ccnc(NCC(c3ccccc3)N3CCOCC3)n2)cc1. The van der Waals surface area contributed by atoms with Crippen molar-refractivity contribution in [3.05, 3.63) is 78.2 Å². The Balaban J connectivity index is 1.45. The number of nitrogens with one attached hydrogen (secondary N) is 1. The zero-order chi connectivity index (χ0) is 19.9. The van der Waals surface area contributed by atoms with Gasteiger partial charge in [0.15, 0.2) is 0 Å². The number of hydrogen-bond acceptors (Lipinski definition) is 6. The summed E-state index contributed by atoms with van der Waals surface area (Å²) in [4.78, 5) is 11.1. The molecule has 0 bridgehead atoms. The molecule has 0 amide bonds. The third kappa shape index (κ3) is 5.28. The molecule has 1 unspecified atom stereocenters. The summed E-state index contributed by atoms with van der Waals surface area (Å²) in [7, 11) is 0. The van der Waals surface area contributed by atoms with E-state index in [1.54, 1.807) is 24.4 Å². The summed E-state index contributed by atoms with van der Waals surface area (Å²) in [6.07, 6.45) is 1.64. The lowest BCUT2D eigenvalue weighted by Gasteiger charge is -2.34. The van der Waals surface area contributed by atoms with E-state index < -0.39 is 0 Å². The minimum atomic E-state index is -0.308. The summed E-state index contributed by atoms with van der Waals surface area (Å²) in [5, 5.41) is 3.33. The summed E-state index contributed by atoms with van der Waals surface area (Å²) in [6.45, 7) is 3.90. The number of morpholine rings is 1. The quantitative estimate of drug-likeness (QED) is 0.656. The fourth-order valence-electron chi connectivity index (χ4n) is 3.32. The molecule has 2 aromatic carbocycles. The van der Waals surface area contributed by atoms with E-state index in [0.29, 0.717) is 24.1 Å². The largest absolute Gasteiger partial charge is 0.439 e. The maximum absolute atomic E-state index is 13.1. The summed E-state index contributed by atoms with van der Waals surface area (Å²) in [5.41, 5.74) is 1.24. The molecule has 1 fully saturated rings. The van der Waals surface area contributed by atoms with Crippen LogP contribution in [0.3, 0.4) is 0 Å². The van der Waals surface area contributed by atoms with E-state index in [0.717, 1.165) is 26.3 Å². The number of halogens is 1. The summed E-state index contributed by atoms with van der Waals surface area (Å²) >= 11 is 0. The molecule has 0 aliphatic carbocycles. The summed E-state index contributed by atoms with van der Waals surface area (Å²) < 4.78 is 24.3. The highest BCUT2D eigenvalue weighted by atomic mass is 19.1. The molecule has 1 aliphatic heterocycles. The number of anilines is 1. The molecule has 0 radical (unpaired) electrons. The lowest BCUT2D eigenvalue weighted by atomic mass is 10.0. The van der Waals surface area contributed by atoms with Gasteiger partial charge in [0.05, 0.1) is 19.3 Å². The van der Waals surface area contributed by atoms with Gasteiger partial charge < -0.3 is 14.8 Å². The van der Waals surface area contributed by atoms with E-state index >= 15 is 0 Å². The van der Waals surface area contributed by atoms with Gasteiger partial charge in [-0.2, -0.15) is 4.98 Å². The molecule has 7 heteroatoms. The van der Waals surface area contributed by atoms with Gasteiger partial charge in [-0.1, -0.05) is 30.3 Å². The molecular formula is C22H23FN4O2. The Morgan fingerprint density at radius 1 is 1.03 bits per heavy atom. The van der Waals surface area contributed by atoms with Crippen LogP contribution >= 0.6 is 0 Å². The van der Waals surface area contributed by atoms with Gasteiger partial charge in [0, 0.05) is 31.9 Å². The van der Waals surface area contributed by atoms with Crippen LogP contribution in [0.2, 0.25) is 0 Å². The fourth-order valence-corrected chi connectivity index (χ4v) is 3.32. The lowest BCUT2D eigenvalue weighted by Crippen LogP contribution is -2.41. The van der Waals surface area contributed by atoms with Crippen molar-refractivity contribution >= 4 is 5.95 Å². The summed E-state index contributed by atoms with van der Waals surface area (Å²) in [6, 6.07) is 18.1. The molecule has 4 rings (SSSR count).